The van der Waals surface area contributed by atoms with Crippen molar-refractivity contribution in [1.82, 2.24) is 14.1 Å². The van der Waals surface area contributed by atoms with Crippen molar-refractivity contribution in [1.29, 1.82) is 0 Å². The molecule has 3 heterocycles. The smallest absolute Gasteiger partial charge is 0.231 e. The van der Waals surface area contributed by atoms with Gasteiger partial charge in [-0.15, -0.1) is 0 Å². The summed E-state index contributed by atoms with van der Waals surface area (Å²) in [6.07, 6.45) is 1.11. The molecule has 188 valence electrons. The number of nitrogens with zero attached hydrogens (tertiary/aromatic N) is 3. The molecular weight excluding hydrogens is 490 g/mol. The van der Waals surface area contributed by atoms with Crippen LogP contribution in [0.2, 0.25) is 5.02 Å². The van der Waals surface area contributed by atoms with Gasteiger partial charge in [0.1, 0.15) is 0 Å². The number of hydrogen-bond donors (Lipinski definition) is 0. The van der Waals surface area contributed by atoms with Gasteiger partial charge >= 0.3 is 0 Å². The fourth-order valence-corrected chi connectivity index (χ4v) is 6.84. The zero-order valence-electron chi connectivity index (χ0n) is 19.6. The zero-order chi connectivity index (χ0) is 24.4. The Morgan fingerprint density at radius 1 is 0.943 bits per heavy atom. The van der Waals surface area contributed by atoms with Crippen LogP contribution in [0.4, 0.5) is 0 Å². The van der Waals surface area contributed by atoms with E-state index in [9.17, 15) is 13.2 Å². The lowest BCUT2D eigenvalue weighted by Crippen LogP contribution is -2.51. The van der Waals surface area contributed by atoms with Crippen molar-refractivity contribution < 1.29 is 22.7 Å². The second kappa shape index (κ2) is 10.3. The summed E-state index contributed by atoms with van der Waals surface area (Å²) in [7, 11) is -3.47. The monoisotopic (exact) mass is 519 g/mol. The summed E-state index contributed by atoms with van der Waals surface area (Å²) in [5.74, 6) is 1.48. The Kier molecular flexibility index (Phi) is 7.20. The first kappa shape index (κ1) is 24.4. The number of fused-ring (bicyclic) bond motifs is 1. The third kappa shape index (κ3) is 5.58. The van der Waals surface area contributed by atoms with Crippen LogP contribution in [0.15, 0.2) is 42.5 Å². The molecule has 5 rings (SSSR count). The van der Waals surface area contributed by atoms with Gasteiger partial charge in [-0.2, -0.15) is 0 Å². The molecule has 0 saturated carbocycles. The molecule has 2 fully saturated rings. The SMILES string of the molecule is O=C(C1CCN(S(=O)(=O)Cc2ccccc2Cl)CC1)N1CCN(Cc2ccc3c(c2)OCO3)CC1. The summed E-state index contributed by atoms with van der Waals surface area (Å²) in [4.78, 5) is 17.4. The fraction of sp³-hybridized carbons (Fsp3) is 0.480. The molecule has 0 aromatic heterocycles. The average Bonchev–Trinajstić information content (AvgIpc) is 3.33. The fourth-order valence-electron chi connectivity index (χ4n) is 4.97. The summed E-state index contributed by atoms with van der Waals surface area (Å²) >= 11 is 6.15. The predicted molar refractivity (Wildman–Crippen MR) is 133 cm³/mol. The van der Waals surface area contributed by atoms with E-state index in [1.54, 1.807) is 24.3 Å². The number of rotatable bonds is 6. The van der Waals surface area contributed by atoms with Crippen molar-refractivity contribution in [2.24, 2.45) is 5.92 Å². The van der Waals surface area contributed by atoms with Crippen LogP contribution in [0.5, 0.6) is 11.5 Å². The molecule has 2 saturated heterocycles. The van der Waals surface area contributed by atoms with Crippen LogP contribution in [-0.4, -0.2) is 74.5 Å². The minimum absolute atomic E-state index is 0.114. The van der Waals surface area contributed by atoms with Crippen molar-refractivity contribution in [3.05, 3.63) is 58.6 Å². The maximum atomic E-state index is 13.1. The topological polar surface area (TPSA) is 79.4 Å². The third-order valence-electron chi connectivity index (χ3n) is 7.02. The van der Waals surface area contributed by atoms with Gasteiger partial charge in [0.25, 0.3) is 0 Å². The first-order chi connectivity index (χ1) is 16.9. The van der Waals surface area contributed by atoms with Crippen LogP contribution in [0, 0.1) is 5.92 Å². The van der Waals surface area contributed by atoms with Crippen LogP contribution < -0.4 is 9.47 Å². The molecule has 3 aliphatic rings. The van der Waals surface area contributed by atoms with Crippen molar-refractivity contribution in [3.63, 3.8) is 0 Å². The van der Waals surface area contributed by atoms with E-state index in [0.29, 0.717) is 49.6 Å². The van der Waals surface area contributed by atoms with Crippen LogP contribution in [-0.2, 0) is 27.1 Å². The number of amides is 1. The predicted octanol–water partition coefficient (Wildman–Crippen LogP) is 2.95. The Morgan fingerprint density at radius 2 is 1.66 bits per heavy atom. The van der Waals surface area contributed by atoms with E-state index < -0.39 is 10.0 Å². The van der Waals surface area contributed by atoms with Crippen LogP contribution in [0.25, 0.3) is 0 Å². The summed E-state index contributed by atoms with van der Waals surface area (Å²) < 4.78 is 38.1. The molecular formula is C25H30ClN3O5S. The van der Waals surface area contributed by atoms with E-state index in [1.165, 1.54) is 9.87 Å². The van der Waals surface area contributed by atoms with Crippen LogP contribution >= 0.6 is 11.6 Å². The van der Waals surface area contributed by atoms with Gasteiger partial charge in [-0.3, -0.25) is 9.69 Å². The second-order valence-corrected chi connectivity index (χ2v) is 11.7. The van der Waals surface area contributed by atoms with Gasteiger partial charge in [-0.25, -0.2) is 12.7 Å². The van der Waals surface area contributed by atoms with Gasteiger partial charge in [0, 0.05) is 56.8 Å². The van der Waals surface area contributed by atoms with Gasteiger partial charge in [0.15, 0.2) is 11.5 Å². The molecule has 3 aliphatic heterocycles. The molecule has 0 spiro atoms. The molecule has 0 bridgehead atoms. The highest BCUT2D eigenvalue weighted by atomic mass is 35.5. The Labute approximate surface area is 211 Å². The van der Waals surface area contributed by atoms with E-state index in [2.05, 4.69) is 11.0 Å². The zero-order valence-corrected chi connectivity index (χ0v) is 21.1. The third-order valence-corrected chi connectivity index (χ3v) is 9.22. The summed E-state index contributed by atoms with van der Waals surface area (Å²) in [6, 6.07) is 13.0. The molecule has 1 amide bonds. The number of ether oxygens (including phenoxy) is 2. The molecule has 2 aromatic rings. The highest BCUT2D eigenvalue weighted by molar-refractivity contribution is 7.88. The standard InChI is InChI=1S/C25H30ClN3O5S/c26-22-4-2-1-3-21(22)17-35(31,32)29-9-7-20(8-10-29)25(30)28-13-11-27(12-14-28)16-19-5-6-23-24(15-19)34-18-33-23/h1-6,15,20H,7-14,16-18H2. The molecule has 10 heteroatoms. The normalized spacial score (nSPS) is 19.7. The van der Waals surface area contributed by atoms with Crippen molar-refractivity contribution in [3.8, 4) is 11.5 Å². The molecule has 0 radical (unpaired) electrons. The lowest BCUT2D eigenvalue weighted by atomic mass is 9.96. The molecule has 35 heavy (non-hydrogen) atoms. The van der Waals surface area contributed by atoms with Crippen molar-refractivity contribution in [2.75, 3.05) is 46.1 Å². The quantitative estimate of drug-likeness (QED) is 0.584. The molecule has 0 N–H and O–H groups in total. The Balaban J connectivity index is 1.09. The minimum atomic E-state index is -3.47. The number of sulfonamides is 1. The number of halogens is 1. The second-order valence-electron chi connectivity index (χ2n) is 9.31. The first-order valence-corrected chi connectivity index (χ1v) is 14.0. The largest absolute Gasteiger partial charge is 0.454 e. The van der Waals surface area contributed by atoms with E-state index in [1.807, 2.05) is 17.0 Å². The molecule has 0 aliphatic carbocycles. The van der Waals surface area contributed by atoms with Gasteiger partial charge in [0.05, 0.1) is 5.75 Å². The van der Waals surface area contributed by atoms with Gasteiger partial charge in [-0.05, 0) is 42.2 Å². The molecule has 0 atom stereocenters. The van der Waals surface area contributed by atoms with E-state index in [-0.39, 0.29) is 24.4 Å². The van der Waals surface area contributed by atoms with Crippen molar-refractivity contribution in [2.45, 2.75) is 25.1 Å². The van der Waals surface area contributed by atoms with E-state index in [4.69, 9.17) is 21.1 Å². The van der Waals surface area contributed by atoms with Gasteiger partial charge in [0.2, 0.25) is 22.7 Å². The Bertz CT molecular complexity index is 1180. The van der Waals surface area contributed by atoms with Gasteiger partial charge in [-0.1, -0.05) is 35.9 Å². The van der Waals surface area contributed by atoms with Crippen molar-refractivity contribution >= 4 is 27.5 Å². The number of carbonyl (C=O) groups is 1. The van der Waals surface area contributed by atoms with E-state index in [0.717, 1.165) is 31.1 Å². The Morgan fingerprint density at radius 3 is 2.40 bits per heavy atom. The summed E-state index contributed by atoms with van der Waals surface area (Å²) in [5, 5.41) is 0.457. The molecule has 0 unspecified atom stereocenters. The number of piperidine rings is 1. The summed E-state index contributed by atoms with van der Waals surface area (Å²) in [6.45, 7) is 4.81. The first-order valence-electron chi connectivity index (χ1n) is 12.0. The number of benzene rings is 2. The lowest BCUT2D eigenvalue weighted by Gasteiger charge is -2.38. The van der Waals surface area contributed by atoms with Gasteiger partial charge < -0.3 is 14.4 Å². The highest BCUT2D eigenvalue weighted by Crippen LogP contribution is 2.33. The summed E-state index contributed by atoms with van der Waals surface area (Å²) in [5.41, 5.74) is 1.77. The number of piperazine rings is 1. The van der Waals surface area contributed by atoms with E-state index >= 15 is 0 Å². The van der Waals surface area contributed by atoms with Crippen LogP contribution in [0.3, 0.4) is 0 Å². The number of hydrogen-bond acceptors (Lipinski definition) is 6. The number of carbonyl (C=O) groups excluding carboxylic acids is 1. The lowest BCUT2D eigenvalue weighted by molar-refractivity contribution is -0.138. The minimum Gasteiger partial charge on any atom is -0.454 e. The molecule has 8 nitrogen and oxygen atoms in total. The highest BCUT2D eigenvalue weighted by Gasteiger charge is 2.34. The average molecular weight is 520 g/mol. The maximum Gasteiger partial charge on any atom is 0.231 e. The Hall–Kier alpha value is -2.33. The molecule has 2 aromatic carbocycles. The maximum absolute atomic E-state index is 13.1. The van der Waals surface area contributed by atoms with Crippen LogP contribution in [0.1, 0.15) is 24.0 Å².